The van der Waals surface area contributed by atoms with Crippen LogP contribution in [0.5, 0.6) is 0 Å². The average molecular weight is 366 g/mol. The fraction of sp³-hybridized carbons (Fsp3) is 0.100. The summed E-state index contributed by atoms with van der Waals surface area (Å²) in [5, 5.41) is 16.0. The molecule has 0 saturated carbocycles. The van der Waals surface area contributed by atoms with E-state index in [1.54, 1.807) is 6.20 Å². The Morgan fingerprint density at radius 1 is 1.20 bits per heavy atom. The summed E-state index contributed by atoms with van der Waals surface area (Å²) in [5.74, 6) is 0. The van der Waals surface area contributed by atoms with Crippen molar-refractivity contribution < 1.29 is 0 Å². The number of aromatic nitrogens is 1. The van der Waals surface area contributed by atoms with Crippen molar-refractivity contribution in [3.63, 3.8) is 0 Å². The molecule has 25 heavy (non-hydrogen) atoms. The van der Waals surface area contributed by atoms with Gasteiger partial charge >= 0.3 is 0 Å². The van der Waals surface area contributed by atoms with E-state index in [-0.39, 0.29) is 0 Å². The first-order chi connectivity index (χ1) is 12.1. The van der Waals surface area contributed by atoms with Crippen molar-refractivity contribution in [3.8, 4) is 17.3 Å². The number of anilines is 1. The number of nitriles is 1. The summed E-state index contributed by atoms with van der Waals surface area (Å²) in [5.41, 5.74) is 5.68. The lowest BCUT2D eigenvalue weighted by molar-refractivity contribution is 1.33. The number of benzene rings is 2. The summed E-state index contributed by atoms with van der Waals surface area (Å²) in [7, 11) is 0. The van der Waals surface area contributed by atoms with Crippen LogP contribution in [0.15, 0.2) is 54.0 Å². The van der Waals surface area contributed by atoms with Crippen LogP contribution >= 0.6 is 22.9 Å². The van der Waals surface area contributed by atoms with Crippen molar-refractivity contribution in [3.05, 3.63) is 75.2 Å². The van der Waals surface area contributed by atoms with Gasteiger partial charge in [-0.2, -0.15) is 5.26 Å². The average Bonchev–Trinajstić information content (AvgIpc) is 3.09. The van der Waals surface area contributed by atoms with Crippen LogP contribution in [-0.2, 0) is 0 Å². The molecule has 0 unspecified atom stereocenters. The second-order valence-electron chi connectivity index (χ2n) is 5.61. The highest BCUT2D eigenvalue weighted by molar-refractivity contribution is 7.11. The normalized spacial score (nSPS) is 11.2. The van der Waals surface area contributed by atoms with E-state index < -0.39 is 0 Å². The van der Waals surface area contributed by atoms with Gasteiger partial charge in [0.05, 0.1) is 5.69 Å². The van der Waals surface area contributed by atoms with Crippen LogP contribution in [0.2, 0.25) is 5.02 Å². The molecule has 0 fully saturated rings. The predicted molar refractivity (Wildman–Crippen MR) is 106 cm³/mol. The first-order valence-electron chi connectivity index (χ1n) is 7.73. The van der Waals surface area contributed by atoms with Gasteiger partial charge in [0, 0.05) is 27.9 Å². The van der Waals surface area contributed by atoms with Crippen molar-refractivity contribution in [1.29, 1.82) is 5.26 Å². The fourth-order valence-corrected chi connectivity index (χ4v) is 3.27. The monoisotopic (exact) mass is 365 g/mol. The zero-order valence-electron chi connectivity index (χ0n) is 13.9. The van der Waals surface area contributed by atoms with Crippen LogP contribution < -0.4 is 5.32 Å². The summed E-state index contributed by atoms with van der Waals surface area (Å²) in [6.07, 6.45) is 1.71. The Bertz CT molecular complexity index is 965. The van der Waals surface area contributed by atoms with Gasteiger partial charge in [0.2, 0.25) is 0 Å². The van der Waals surface area contributed by atoms with Gasteiger partial charge in [0.15, 0.2) is 0 Å². The largest absolute Gasteiger partial charge is 0.360 e. The molecule has 1 heterocycles. The molecular weight excluding hydrogens is 350 g/mol. The molecular formula is C20H16ClN3S. The fourth-order valence-electron chi connectivity index (χ4n) is 2.35. The zero-order chi connectivity index (χ0) is 17.8. The number of thiazole rings is 1. The smallest absolute Gasteiger partial charge is 0.136 e. The third-order valence-corrected chi connectivity index (χ3v) is 5.10. The molecule has 2 aromatic carbocycles. The summed E-state index contributed by atoms with van der Waals surface area (Å²) in [6, 6.07) is 15.8. The van der Waals surface area contributed by atoms with Crippen LogP contribution in [0.3, 0.4) is 0 Å². The SMILES string of the molecule is Cc1cccc(NC=C(C#N)c2nc(-c3ccc(Cl)cc3)cs2)c1C. The number of allylic oxidation sites excluding steroid dienone is 1. The van der Waals surface area contributed by atoms with Gasteiger partial charge < -0.3 is 5.32 Å². The van der Waals surface area contributed by atoms with Gasteiger partial charge in [0.25, 0.3) is 0 Å². The number of nitrogens with one attached hydrogen (secondary N) is 1. The summed E-state index contributed by atoms with van der Waals surface area (Å²) >= 11 is 7.37. The molecule has 5 heteroatoms. The third kappa shape index (κ3) is 3.90. The van der Waals surface area contributed by atoms with Crippen LogP contribution in [-0.4, -0.2) is 4.98 Å². The molecule has 0 radical (unpaired) electrons. The van der Waals surface area contributed by atoms with Gasteiger partial charge in [-0.3, -0.25) is 0 Å². The Labute approximate surface area is 156 Å². The predicted octanol–water partition coefficient (Wildman–Crippen LogP) is 6.06. The lowest BCUT2D eigenvalue weighted by atomic mass is 10.1. The van der Waals surface area contributed by atoms with Crippen molar-refractivity contribution in [2.24, 2.45) is 0 Å². The zero-order valence-corrected chi connectivity index (χ0v) is 15.4. The van der Waals surface area contributed by atoms with Gasteiger partial charge in [-0.1, -0.05) is 35.9 Å². The number of halogens is 1. The molecule has 0 aliphatic heterocycles. The number of hydrogen-bond acceptors (Lipinski definition) is 4. The molecule has 1 aromatic heterocycles. The van der Waals surface area contributed by atoms with E-state index in [2.05, 4.69) is 36.3 Å². The van der Waals surface area contributed by atoms with Crippen LogP contribution in [0.1, 0.15) is 16.1 Å². The molecule has 1 N–H and O–H groups in total. The van der Waals surface area contributed by atoms with E-state index in [4.69, 9.17) is 11.6 Å². The van der Waals surface area contributed by atoms with Gasteiger partial charge in [-0.15, -0.1) is 11.3 Å². The second kappa shape index (κ2) is 7.52. The highest BCUT2D eigenvalue weighted by atomic mass is 35.5. The molecule has 3 rings (SSSR count). The summed E-state index contributed by atoms with van der Waals surface area (Å²) in [6.45, 7) is 4.12. The number of hydrogen-bond donors (Lipinski definition) is 1. The van der Waals surface area contributed by atoms with Gasteiger partial charge in [0.1, 0.15) is 16.6 Å². The van der Waals surface area contributed by atoms with E-state index in [9.17, 15) is 5.26 Å². The Balaban J connectivity index is 1.85. The van der Waals surface area contributed by atoms with E-state index in [1.807, 2.05) is 41.8 Å². The molecule has 124 valence electrons. The standard InChI is InChI=1S/C20H16ClN3S/c1-13-4-3-5-18(14(13)2)23-11-16(10-22)20-24-19(12-25-20)15-6-8-17(21)9-7-15/h3-9,11-12,23H,1-2H3. The second-order valence-corrected chi connectivity index (χ2v) is 6.90. The Kier molecular flexibility index (Phi) is 5.18. The Morgan fingerprint density at radius 3 is 2.68 bits per heavy atom. The van der Waals surface area contributed by atoms with Crippen molar-refractivity contribution >= 4 is 34.2 Å². The Morgan fingerprint density at radius 2 is 1.96 bits per heavy atom. The maximum Gasteiger partial charge on any atom is 0.136 e. The minimum absolute atomic E-state index is 0.506. The topological polar surface area (TPSA) is 48.7 Å². The van der Waals surface area contributed by atoms with E-state index in [1.165, 1.54) is 16.9 Å². The number of nitrogens with zero attached hydrogens (tertiary/aromatic N) is 2. The van der Waals surface area contributed by atoms with E-state index in [0.29, 0.717) is 15.6 Å². The Hall–Kier alpha value is -2.61. The minimum Gasteiger partial charge on any atom is -0.360 e. The molecule has 0 amide bonds. The van der Waals surface area contributed by atoms with E-state index in [0.717, 1.165) is 22.5 Å². The highest BCUT2D eigenvalue weighted by Crippen LogP contribution is 2.27. The quantitative estimate of drug-likeness (QED) is 0.572. The van der Waals surface area contributed by atoms with Crippen molar-refractivity contribution in [2.45, 2.75) is 13.8 Å². The van der Waals surface area contributed by atoms with Crippen molar-refractivity contribution in [1.82, 2.24) is 4.98 Å². The minimum atomic E-state index is 0.506. The molecule has 0 atom stereocenters. The number of aryl methyl sites for hydroxylation is 1. The molecule has 0 saturated heterocycles. The first kappa shape index (κ1) is 17.2. The van der Waals surface area contributed by atoms with Crippen LogP contribution in [0.25, 0.3) is 16.8 Å². The molecule has 3 nitrogen and oxygen atoms in total. The third-order valence-electron chi connectivity index (χ3n) is 3.97. The molecule has 0 spiro atoms. The summed E-state index contributed by atoms with van der Waals surface area (Å²) < 4.78 is 0. The molecule has 0 aliphatic carbocycles. The van der Waals surface area contributed by atoms with Gasteiger partial charge in [-0.05, 0) is 43.2 Å². The maximum atomic E-state index is 9.49. The highest BCUT2D eigenvalue weighted by Gasteiger charge is 2.09. The van der Waals surface area contributed by atoms with Crippen LogP contribution in [0.4, 0.5) is 5.69 Å². The summed E-state index contributed by atoms with van der Waals surface area (Å²) in [4.78, 5) is 4.58. The van der Waals surface area contributed by atoms with Crippen LogP contribution in [0, 0.1) is 25.2 Å². The molecule has 3 aromatic rings. The van der Waals surface area contributed by atoms with Crippen molar-refractivity contribution in [2.75, 3.05) is 5.32 Å². The molecule has 0 bridgehead atoms. The first-order valence-corrected chi connectivity index (χ1v) is 8.99. The lowest BCUT2D eigenvalue weighted by Gasteiger charge is -2.08. The molecule has 0 aliphatic rings. The van der Waals surface area contributed by atoms with Gasteiger partial charge in [-0.25, -0.2) is 4.98 Å². The lowest BCUT2D eigenvalue weighted by Crippen LogP contribution is -1.95. The maximum absolute atomic E-state index is 9.49. The number of rotatable bonds is 4. The van der Waals surface area contributed by atoms with E-state index >= 15 is 0 Å².